The first-order valence-corrected chi connectivity index (χ1v) is 6.40. The topological polar surface area (TPSA) is 108 Å². The zero-order chi connectivity index (χ0) is 16.7. The molecule has 1 heterocycles. The minimum absolute atomic E-state index is 0.0738. The molecule has 0 aliphatic carbocycles. The Kier molecular flexibility index (Phi) is 5.20. The van der Waals surface area contributed by atoms with Crippen molar-refractivity contribution in [3.63, 3.8) is 0 Å². The third-order valence-electron chi connectivity index (χ3n) is 2.61. The lowest BCUT2D eigenvalue weighted by molar-refractivity contribution is 0.128. The molecule has 1 aromatic carbocycles. The summed E-state index contributed by atoms with van der Waals surface area (Å²) < 4.78 is 13.1. The molecular weight excluding hydrogens is 303 g/mol. The van der Waals surface area contributed by atoms with Crippen LogP contribution in [0.15, 0.2) is 47.6 Å². The van der Waals surface area contributed by atoms with Crippen LogP contribution in [-0.4, -0.2) is 21.9 Å². The van der Waals surface area contributed by atoms with Gasteiger partial charge in [0.1, 0.15) is 17.7 Å². The van der Waals surface area contributed by atoms with Crippen LogP contribution in [0.3, 0.4) is 0 Å². The molecule has 0 spiro atoms. The third-order valence-corrected chi connectivity index (χ3v) is 2.61. The summed E-state index contributed by atoms with van der Waals surface area (Å²) in [5, 5.41) is 23.4. The molecule has 2 aromatic rings. The standard InChI is InChI=1S/C15H11FN4O3/c16-11-4-1-3-10(7-11)13(8-17)20-23-9-12-5-2-6-14(18-12)19-15(21)22/h1-7H,9H2,(H,18,19)(H,21,22)/b20-13+. The molecule has 8 heteroatoms. The maximum Gasteiger partial charge on any atom is 0.410 e. The first-order chi connectivity index (χ1) is 11.1. The number of nitrogens with one attached hydrogen (secondary N) is 1. The van der Waals surface area contributed by atoms with Gasteiger partial charge in [0.15, 0.2) is 12.3 Å². The molecule has 0 aliphatic heterocycles. The fourth-order valence-electron chi connectivity index (χ4n) is 1.68. The predicted octanol–water partition coefficient (Wildman–Crippen LogP) is 2.76. The Hall–Kier alpha value is -3.47. The molecule has 2 rings (SSSR count). The normalized spacial score (nSPS) is 10.7. The molecule has 0 saturated carbocycles. The number of benzene rings is 1. The van der Waals surface area contributed by atoms with Gasteiger partial charge >= 0.3 is 6.09 Å². The molecule has 0 saturated heterocycles. The van der Waals surface area contributed by atoms with Gasteiger partial charge in [0.05, 0.1) is 5.69 Å². The van der Waals surface area contributed by atoms with Gasteiger partial charge in [-0.15, -0.1) is 0 Å². The van der Waals surface area contributed by atoms with E-state index in [1.165, 1.54) is 30.3 Å². The van der Waals surface area contributed by atoms with Crippen LogP contribution in [0.25, 0.3) is 0 Å². The summed E-state index contributed by atoms with van der Waals surface area (Å²) in [7, 11) is 0. The Morgan fingerprint density at radius 2 is 2.17 bits per heavy atom. The molecule has 116 valence electrons. The van der Waals surface area contributed by atoms with Crippen LogP contribution in [0.2, 0.25) is 0 Å². The highest BCUT2D eigenvalue weighted by Crippen LogP contribution is 2.08. The van der Waals surface area contributed by atoms with E-state index < -0.39 is 11.9 Å². The monoisotopic (exact) mass is 314 g/mol. The van der Waals surface area contributed by atoms with Crippen LogP contribution < -0.4 is 5.32 Å². The lowest BCUT2D eigenvalue weighted by Gasteiger charge is -2.04. The van der Waals surface area contributed by atoms with Gasteiger partial charge in [0.2, 0.25) is 0 Å². The van der Waals surface area contributed by atoms with Crippen LogP contribution in [0, 0.1) is 17.1 Å². The largest absolute Gasteiger partial charge is 0.465 e. The summed E-state index contributed by atoms with van der Waals surface area (Å²) in [5.74, 6) is -0.340. The average molecular weight is 314 g/mol. The van der Waals surface area contributed by atoms with E-state index in [4.69, 9.17) is 15.2 Å². The zero-order valence-electron chi connectivity index (χ0n) is 11.7. The van der Waals surface area contributed by atoms with Gasteiger partial charge in [-0.05, 0) is 24.3 Å². The fraction of sp³-hybridized carbons (Fsp3) is 0.0667. The Balaban J connectivity index is 2.05. The summed E-state index contributed by atoms with van der Waals surface area (Å²) in [5.41, 5.74) is 0.627. The minimum atomic E-state index is -1.23. The van der Waals surface area contributed by atoms with Crippen molar-refractivity contribution in [1.29, 1.82) is 5.26 Å². The maximum absolute atomic E-state index is 13.1. The highest BCUT2D eigenvalue weighted by atomic mass is 19.1. The SMILES string of the molecule is N#C/C(=N\OCc1cccc(NC(=O)O)n1)c1cccc(F)c1. The number of amides is 1. The number of aromatic nitrogens is 1. The number of pyridine rings is 1. The highest BCUT2D eigenvalue weighted by Gasteiger charge is 2.05. The van der Waals surface area contributed by atoms with Crippen molar-refractivity contribution in [1.82, 2.24) is 4.98 Å². The van der Waals surface area contributed by atoms with E-state index in [2.05, 4.69) is 15.5 Å². The van der Waals surface area contributed by atoms with Crippen molar-refractivity contribution >= 4 is 17.6 Å². The van der Waals surface area contributed by atoms with Crippen LogP contribution >= 0.6 is 0 Å². The van der Waals surface area contributed by atoms with Crippen LogP contribution in [0.4, 0.5) is 15.0 Å². The first kappa shape index (κ1) is 15.9. The van der Waals surface area contributed by atoms with E-state index in [0.717, 1.165) is 0 Å². The van der Waals surface area contributed by atoms with Gasteiger partial charge in [0, 0.05) is 5.56 Å². The molecule has 0 unspecified atom stereocenters. The second-order valence-electron chi connectivity index (χ2n) is 4.28. The predicted molar refractivity (Wildman–Crippen MR) is 79.2 cm³/mol. The summed E-state index contributed by atoms with van der Waals surface area (Å²) in [6.45, 7) is -0.0738. The quantitative estimate of drug-likeness (QED) is 0.651. The summed E-state index contributed by atoms with van der Waals surface area (Å²) in [6, 6.07) is 11.9. The van der Waals surface area contributed by atoms with Crippen LogP contribution in [0.1, 0.15) is 11.3 Å². The number of nitriles is 1. The Morgan fingerprint density at radius 1 is 1.39 bits per heavy atom. The Labute approximate surface area is 130 Å². The van der Waals surface area contributed by atoms with E-state index in [1.807, 2.05) is 6.07 Å². The number of oxime groups is 1. The Morgan fingerprint density at radius 3 is 2.87 bits per heavy atom. The average Bonchev–Trinajstić information content (AvgIpc) is 2.51. The lowest BCUT2D eigenvalue weighted by Crippen LogP contribution is -2.09. The van der Waals surface area contributed by atoms with E-state index in [9.17, 15) is 9.18 Å². The van der Waals surface area contributed by atoms with E-state index in [-0.39, 0.29) is 18.1 Å². The number of halogens is 1. The van der Waals surface area contributed by atoms with Gasteiger partial charge in [-0.1, -0.05) is 23.4 Å². The highest BCUT2D eigenvalue weighted by molar-refractivity contribution is 6.11. The van der Waals surface area contributed by atoms with Crippen LogP contribution in [-0.2, 0) is 11.4 Å². The summed E-state index contributed by atoms with van der Waals surface area (Å²) >= 11 is 0. The number of carbonyl (C=O) groups is 1. The number of nitrogens with zero attached hydrogens (tertiary/aromatic N) is 3. The molecule has 23 heavy (non-hydrogen) atoms. The molecule has 2 N–H and O–H groups in total. The molecular formula is C15H11FN4O3. The van der Waals surface area contributed by atoms with E-state index in [1.54, 1.807) is 12.1 Å². The lowest BCUT2D eigenvalue weighted by atomic mass is 10.1. The molecule has 0 aliphatic rings. The van der Waals surface area contributed by atoms with Gasteiger partial charge in [-0.25, -0.2) is 14.2 Å². The first-order valence-electron chi connectivity index (χ1n) is 6.40. The zero-order valence-corrected chi connectivity index (χ0v) is 11.7. The van der Waals surface area contributed by atoms with Crippen LogP contribution in [0.5, 0.6) is 0 Å². The van der Waals surface area contributed by atoms with E-state index >= 15 is 0 Å². The second kappa shape index (κ2) is 7.51. The number of hydrogen-bond donors (Lipinski definition) is 2. The summed E-state index contributed by atoms with van der Waals surface area (Å²) in [4.78, 5) is 19.6. The van der Waals surface area contributed by atoms with Crippen molar-refractivity contribution in [3.05, 3.63) is 59.5 Å². The van der Waals surface area contributed by atoms with Crippen molar-refractivity contribution in [2.45, 2.75) is 6.61 Å². The van der Waals surface area contributed by atoms with Crippen molar-refractivity contribution < 1.29 is 19.1 Å². The summed E-state index contributed by atoms with van der Waals surface area (Å²) in [6.07, 6.45) is -1.23. The molecule has 1 aromatic heterocycles. The number of anilines is 1. The van der Waals surface area contributed by atoms with Gasteiger partial charge in [-0.2, -0.15) is 5.26 Å². The fourth-order valence-corrected chi connectivity index (χ4v) is 1.68. The maximum atomic E-state index is 13.1. The van der Waals surface area contributed by atoms with Gasteiger partial charge in [0.25, 0.3) is 0 Å². The van der Waals surface area contributed by atoms with Crippen molar-refractivity contribution in [2.24, 2.45) is 5.16 Å². The Bertz CT molecular complexity index is 786. The number of hydrogen-bond acceptors (Lipinski definition) is 5. The van der Waals surface area contributed by atoms with Crippen molar-refractivity contribution in [2.75, 3.05) is 5.32 Å². The molecule has 0 atom stereocenters. The molecule has 1 amide bonds. The number of rotatable bonds is 5. The van der Waals surface area contributed by atoms with Gasteiger partial charge in [-0.3, -0.25) is 5.32 Å². The van der Waals surface area contributed by atoms with Gasteiger partial charge < -0.3 is 9.94 Å². The third kappa shape index (κ3) is 4.78. The van der Waals surface area contributed by atoms with E-state index in [0.29, 0.717) is 11.3 Å². The molecule has 0 fully saturated rings. The van der Waals surface area contributed by atoms with Crippen molar-refractivity contribution in [3.8, 4) is 6.07 Å². The molecule has 0 radical (unpaired) electrons. The second-order valence-corrected chi connectivity index (χ2v) is 4.28. The molecule has 0 bridgehead atoms. The molecule has 7 nitrogen and oxygen atoms in total. The minimum Gasteiger partial charge on any atom is -0.465 e. The smallest absolute Gasteiger partial charge is 0.410 e. The number of carboxylic acid groups (broad SMARTS) is 1.